The molecule has 0 aliphatic heterocycles. The van der Waals surface area contributed by atoms with Crippen molar-refractivity contribution in [1.82, 2.24) is 0 Å². The van der Waals surface area contributed by atoms with Crippen molar-refractivity contribution in [3.8, 4) is 0 Å². The Morgan fingerprint density at radius 2 is 0.933 bits per heavy atom. The van der Waals surface area contributed by atoms with E-state index < -0.39 is 19.0 Å². The van der Waals surface area contributed by atoms with Crippen LogP contribution in [0.2, 0.25) is 0 Å². The van der Waals surface area contributed by atoms with Crippen LogP contribution >= 0.6 is 0 Å². The first-order valence-electron chi connectivity index (χ1n) is 12.3. The molecule has 0 bridgehead atoms. The monoisotopic (exact) mass is 454 g/mol. The molecule has 0 aliphatic rings. The lowest BCUT2D eigenvalue weighted by Crippen LogP contribution is -2.38. The zero-order chi connectivity index (χ0) is 21.9. The van der Waals surface area contributed by atoms with Crippen LogP contribution in [0.25, 0.3) is 0 Å². The van der Waals surface area contributed by atoms with E-state index >= 15 is 0 Å². The highest BCUT2D eigenvalue weighted by Crippen LogP contribution is 2.02. The van der Waals surface area contributed by atoms with Crippen molar-refractivity contribution in [1.29, 1.82) is 0 Å². The quantitative estimate of drug-likeness (QED) is 0.172. The molecule has 0 saturated carbocycles. The minimum absolute atomic E-state index is 0.0163. The van der Waals surface area contributed by atoms with E-state index in [0.29, 0.717) is 0 Å². The summed E-state index contributed by atoms with van der Waals surface area (Å²) in [7, 11) is -1.30. The van der Waals surface area contributed by atoms with Crippen LogP contribution < -0.4 is 10.4 Å². The van der Waals surface area contributed by atoms with Gasteiger partial charge in [-0.2, -0.15) is 0 Å². The van der Waals surface area contributed by atoms with Crippen LogP contribution in [0.3, 0.4) is 0 Å². The molecule has 1 aromatic carbocycles. The average Bonchev–Trinajstić information content (AvgIpc) is 2.74. The molecule has 4 nitrogen and oxygen atoms in total. The first-order valence-corrected chi connectivity index (χ1v) is 15.3. The van der Waals surface area contributed by atoms with Crippen molar-refractivity contribution >= 4 is 29.4 Å². The molecule has 0 fully saturated rings. The molecule has 0 saturated heterocycles. The van der Waals surface area contributed by atoms with Crippen molar-refractivity contribution in [2.75, 3.05) is 26.4 Å². The maximum Gasteiger partial charge on any atom is 0.139 e. The fourth-order valence-electron chi connectivity index (χ4n) is 3.04. The number of ether oxygens (including phenoxy) is 4. The molecule has 0 spiro atoms. The maximum absolute atomic E-state index is 6.09. The van der Waals surface area contributed by atoms with Gasteiger partial charge in [0, 0.05) is 26.4 Å². The van der Waals surface area contributed by atoms with Gasteiger partial charge in [0.2, 0.25) is 0 Å². The minimum Gasteiger partial charge on any atom is -0.357 e. The van der Waals surface area contributed by atoms with Gasteiger partial charge in [-0.15, -0.1) is 0 Å². The third-order valence-corrected chi connectivity index (χ3v) is 8.43. The fourth-order valence-corrected chi connectivity index (χ4v) is 6.54. The third kappa shape index (κ3) is 13.7. The summed E-state index contributed by atoms with van der Waals surface area (Å²) in [5, 5.41) is 2.83. The summed E-state index contributed by atoms with van der Waals surface area (Å²) in [4.78, 5) is 0. The molecule has 0 aromatic heterocycles. The van der Waals surface area contributed by atoms with Gasteiger partial charge >= 0.3 is 0 Å². The van der Waals surface area contributed by atoms with Crippen LogP contribution in [0.1, 0.15) is 79.1 Å². The van der Waals surface area contributed by atoms with Crippen LogP contribution in [0.5, 0.6) is 0 Å². The largest absolute Gasteiger partial charge is 0.357 e. The molecule has 0 radical (unpaired) electrons. The second-order valence-electron chi connectivity index (χ2n) is 7.98. The Morgan fingerprint density at radius 3 is 1.23 bits per heavy atom. The van der Waals surface area contributed by atoms with Gasteiger partial charge in [-0.25, -0.2) is 0 Å². The van der Waals surface area contributed by atoms with Gasteiger partial charge in [-0.3, -0.25) is 0 Å². The molecule has 0 unspecified atom stereocenters. The molecular weight excluding hydrogens is 408 g/mol. The second-order valence-corrected chi connectivity index (χ2v) is 11.8. The summed E-state index contributed by atoms with van der Waals surface area (Å²) >= 11 is 0. The molecule has 0 atom stereocenters. The zero-order valence-corrected chi connectivity index (χ0v) is 22.8. The van der Waals surface area contributed by atoms with E-state index in [-0.39, 0.29) is 11.8 Å². The fraction of sp³-hybridized carbons (Fsp3) is 0.750. The minimum atomic E-state index is -0.652. The summed E-state index contributed by atoms with van der Waals surface area (Å²) in [6.45, 7) is 12.0. The highest BCUT2D eigenvalue weighted by molar-refractivity contribution is 6.58. The van der Waals surface area contributed by atoms with Gasteiger partial charge in [-0.05, 0) is 25.7 Å². The van der Waals surface area contributed by atoms with Crippen LogP contribution in [0, 0.1) is 0 Å². The Labute approximate surface area is 190 Å². The topological polar surface area (TPSA) is 36.9 Å². The van der Waals surface area contributed by atoms with Gasteiger partial charge in [0.15, 0.2) is 0 Å². The molecule has 0 heterocycles. The summed E-state index contributed by atoms with van der Waals surface area (Å²) < 4.78 is 24.3. The zero-order valence-electron chi connectivity index (χ0n) is 20.0. The highest BCUT2D eigenvalue weighted by Gasteiger charge is 2.15. The molecular formula is C24H46O4Si2. The molecule has 6 heteroatoms. The first kappa shape index (κ1) is 27.5. The van der Waals surface area contributed by atoms with Crippen molar-refractivity contribution in [3.05, 3.63) is 24.3 Å². The SMILES string of the molecule is CCCCOC(OCCCC)[SiH2]c1cccc([SiH2]C(OCCCC)OCCCC)c1. The molecule has 0 amide bonds. The lowest BCUT2D eigenvalue weighted by atomic mass is 10.4. The molecule has 1 aromatic rings. The van der Waals surface area contributed by atoms with E-state index in [1.54, 1.807) is 0 Å². The predicted molar refractivity (Wildman–Crippen MR) is 134 cm³/mol. The van der Waals surface area contributed by atoms with Crippen LogP contribution in [0.15, 0.2) is 24.3 Å². The maximum atomic E-state index is 6.09. The van der Waals surface area contributed by atoms with Gasteiger partial charge in [0.05, 0.1) is 0 Å². The number of unbranched alkanes of at least 4 members (excludes halogenated alkanes) is 4. The smallest absolute Gasteiger partial charge is 0.139 e. The van der Waals surface area contributed by atoms with E-state index in [2.05, 4.69) is 52.0 Å². The summed E-state index contributed by atoms with van der Waals surface area (Å²) in [6.07, 6.45) is 9.01. The van der Waals surface area contributed by atoms with E-state index in [9.17, 15) is 0 Å². The van der Waals surface area contributed by atoms with E-state index in [1.807, 2.05) is 0 Å². The number of rotatable bonds is 20. The molecule has 30 heavy (non-hydrogen) atoms. The van der Waals surface area contributed by atoms with Gasteiger partial charge in [0.25, 0.3) is 0 Å². The van der Waals surface area contributed by atoms with Crippen molar-refractivity contribution in [2.24, 2.45) is 0 Å². The Balaban J connectivity index is 2.67. The van der Waals surface area contributed by atoms with E-state index in [0.717, 1.165) is 77.8 Å². The number of hydrogen-bond donors (Lipinski definition) is 0. The van der Waals surface area contributed by atoms with E-state index in [1.165, 1.54) is 10.4 Å². The average molecular weight is 455 g/mol. The van der Waals surface area contributed by atoms with Gasteiger partial charge in [0.1, 0.15) is 30.9 Å². The molecule has 0 aliphatic carbocycles. The Kier molecular flexibility index (Phi) is 17.6. The lowest BCUT2D eigenvalue weighted by molar-refractivity contribution is -0.0912. The van der Waals surface area contributed by atoms with E-state index in [4.69, 9.17) is 18.9 Å². The normalized spacial score (nSPS) is 12.5. The van der Waals surface area contributed by atoms with Crippen molar-refractivity contribution in [2.45, 2.75) is 90.9 Å². The molecule has 174 valence electrons. The number of hydrogen-bond acceptors (Lipinski definition) is 4. The van der Waals surface area contributed by atoms with Gasteiger partial charge in [-0.1, -0.05) is 88.0 Å². The Morgan fingerprint density at radius 1 is 0.600 bits per heavy atom. The van der Waals surface area contributed by atoms with Crippen LogP contribution in [-0.2, 0) is 18.9 Å². The van der Waals surface area contributed by atoms with Crippen LogP contribution in [0.4, 0.5) is 0 Å². The van der Waals surface area contributed by atoms with Crippen LogP contribution in [-0.4, -0.2) is 57.3 Å². The summed E-state index contributed by atoms with van der Waals surface area (Å²) in [5.74, 6) is -0.0326. The summed E-state index contributed by atoms with van der Waals surface area (Å²) in [5.41, 5.74) is 0. The second kappa shape index (κ2) is 19.2. The van der Waals surface area contributed by atoms with Gasteiger partial charge < -0.3 is 18.9 Å². The summed E-state index contributed by atoms with van der Waals surface area (Å²) in [6, 6.07) is 9.05. The van der Waals surface area contributed by atoms with Crippen molar-refractivity contribution < 1.29 is 18.9 Å². The Hall–Kier alpha value is -0.506. The molecule has 0 N–H and O–H groups in total. The predicted octanol–water partition coefficient (Wildman–Crippen LogP) is 3.11. The standard InChI is InChI=1S/C24H46O4Si2/c1-5-9-16-25-23(26-17-10-6-2)29-21-14-13-15-22(20-21)30-24(27-18-11-7-3)28-19-12-8-4/h13-15,20,23-24H,5-12,16-19,29-30H2,1-4H3. The highest BCUT2D eigenvalue weighted by atomic mass is 28.2. The first-order chi connectivity index (χ1) is 14.7. The third-order valence-electron chi connectivity index (χ3n) is 5.00. The number of benzene rings is 1. The Bertz CT molecular complexity index is 454. The lowest BCUT2D eigenvalue weighted by Gasteiger charge is -2.20. The van der Waals surface area contributed by atoms with Crippen molar-refractivity contribution in [3.63, 3.8) is 0 Å². The molecule has 1 rings (SSSR count).